The van der Waals surface area contributed by atoms with Crippen LogP contribution in [0.15, 0.2) is 36.4 Å². The number of halogens is 1. The Bertz CT molecular complexity index is 990. The van der Waals surface area contributed by atoms with Gasteiger partial charge in [-0.25, -0.2) is 0 Å². The minimum Gasteiger partial charge on any atom is -0.504 e. The zero-order valence-electron chi connectivity index (χ0n) is 14.3. The summed E-state index contributed by atoms with van der Waals surface area (Å²) in [7, 11) is 0. The fraction of sp³-hybridized carbons (Fsp3) is 0.250. The van der Waals surface area contributed by atoms with Crippen molar-refractivity contribution in [3.05, 3.63) is 47.0 Å². The monoisotopic (exact) mass is 370 g/mol. The van der Waals surface area contributed by atoms with Crippen molar-refractivity contribution < 1.29 is 15.3 Å². The first kappa shape index (κ1) is 16.8. The highest BCUT2D eigenvalue weighted by molar-refractivity contribution is 6.34. The Labute approximate surface area is 156 Å². The van der Waals surface area contributed by atoms with Gasteiger partial charge in [0.1, 0.15) is 0 Å². The average molecular weight is 371 g/mol. The maximum atomic E-state index is 10.7. The zero-order valence-corrected chi connectivity index (χ0v) is 15.0. The number of rotatable bonds is 4. The molecule has 1 aliphatic rings. The summed E-state index contributed by atoms with van der Waals surface area (Å²) in [5, 5.41) is 17.8. The second-order valence-corrected chi connectivity index (χ2v) is 7.14. The maximum absolute atomic E-state index is 10.7. The van der Waals surface area contributed by atoms with Crippen LogP contribution in [0.4, 0.5) is 0 Å². The molecule has 0 spiro atoms. The van der Waals surface area contributed by atoms with Crippen molar-refractivity contribution in [1.82, 2.24) is 4.98 Å². The van der Waals surface area contributed by atoms with Gasteiger partial charge < -0.3 is 14.8 Å². The van der Waals surface area contributed by atoms with Crippen molar-refractivity contribution in [3.8, 4) is 22.8 Å². The number of hydrogen-bond donors (Lipinski definition) is 4. The number of benzene rings is 2. The SMILES string of the molecule is NC(=[NH2+])c1cc2cc(-c3cccc(OC4CCCC4)c3O)[nH]c2cc1Cl. The van der Waals surface area contributed by atoms with Crippen molar-refractivity contribution in [2.45, 2.75) is 31.8 Å². The molecular formula is C20H21ClN3O2+. The van der Waals surface area contributed by atoms with Gasteiger partial charge in [0.15, 0.2) is 11.5 Å². The molecule has 6 heteroatoms. The van der Waals surface area contributed by atoms with E-state index in [0.717, 1.165) is 29.4 Å². The molecule has 134 valence electrons. The molecule has 0 amide bonds. The molecule has 4 rings (SSSR count). The number of aromatic amines is 1. The first-order valence-electron chi connectivity index (χ1n) is 8.72. The lowest BCUT2D eigenvalue weighted by Gasteiger charge is -2.15. The Morgan fingerprint density at radius 1 is 1.23 bits per heavy atom. The molecule has 0 bridgehead atoms. The number of aromatic nitrogens is 1. The lowest BCUT2D eigenvalue weighted by atomic mass is 10.1. The van der Waals surface area contributed by atoms with E-state index >= 15 is 0 Å². The molecule has 2 aromatic carbocycles. The molecule has 26 heavy (non-hydrogen) atoms. The van der Waals surface area contributed by atoms with Gasteiger partial charge in [-0.05, 0) is 56.0 Å². The van der Waals surface area contributed by atoms with E-state index in [1.54, 1.807) is 12.1 Å². The van der Waals surface area contributed by atoms with Crippen molar-refractivity contribution in [2.75, 3.05) is 0 Å². The van der Waals surface area contributed by atoms with Gasteiger partial charge in [0, 0.05) is 16.5 Å². The summed E-state index contributed by atoms with van der Waals surface area (Å²) < 4.78 is 5.99. The summed E-state index contributed by atoms with van der Waals surface area (Å²) in [4.78, 5) is 3.29. The average Bonchev–Trinajstić information content (AvgIpc) is 3.24. The van der Waals surface area contributed by atoms with Gasteiger partial charge in [0.2, 0.25) is 0 Å². The number of fused-ring (bicyclic) bond motifs is 1. The van der Waals surface area contributed by atoms with Crippen LogP contribution in [0.25, 0.3) is 22.2 Å². The molecule has 6 N–H and O–H groups in total. The number of para-hydroxylation sites is 1. The fourth-order valence-corrected chi connectivity index (χ4v) is 3.81. The van der Waals surface area contributed by atoms with E-state index in [9.17, 15) is 5.11 Å². The number of phenolic OH excluding ortho intramolecular Hbond substituents is 1. The summed E-state index contributed by atoms with van der Waals surface area (Å²) in [5.41, 5.74) is 8.59. The van der Waals surface area contributed by atoms with Crippen LogP contribution in [-0.4, -0.2) is 22.0 Å². The van der Waals surface area contributed by atoms with Gasteiger partial charge in [0.05, 0.1) is 22.4 Å². The van der Waals surface area contributed by atoms with Gasteiger partial charge in [0.25, 0.3) is 5.84 Å². The summed E-state index contributed by atoms with van der Waals surface area (Å²) in [6.45, 7) is 0. The van der Waals surface area contributed by atoms with Crippen molar-refractivity contribution in [3.63, 3.8) is 0 Å². The maximum Gasteiger partial charge on any atom is 0.272 e. The lowest BCUT2D eigenvalue weighted by Crippen LogP contribution is -2.46. The fourth-order valence-electron chi connectivity index (χ4n) is 3.54. The summed E-state index contributed by atoms with van der Waals surface area (Å²) in [6, 6.07) is 11.1. The third-order valence-corrected chi connectivity index (χ3v) is 5.22. The van der Waals surface area contributed by atoms with Crippen molar-refractivity contribution in [1.29, 1.82) is 0 Å². The first-order chi connectivity index (χ1) is 12.5. The predicted octanol–water partition coefficient (Wildman–Crippen LogP) is 2.98. The second-order valence-electron chi connectivity index (χ2n) is 6.73. The Morgan fingerprint density at radius 3 is 2.73 bits per heavy atom. The minimum absolute atomic E-state index is 0.141. The molecule has 0 radical (unpaired) electrons. The Balaban J connectivity index is 1.74. The largest absolute Gasteiger partial charge is 0.504 e. The van der Waals surface area contributed by atoms with Crippen LogP contribution in [0.1, 0.15) is 31.2 Å². The van der Waals surface area contributed by atoms with E-state index in [4.69, 9.17) is 27.5 Å². The van der Waals surface area contributed by atoms with E-state index in [1.165, 1.54) is 12.8 Å². The topological polar surface area (TPSA) is 96.9 Å². The molecule has 1 fully saturated rings. The van der Waals surface area contributed by atoms with Crippen LogP contribution < -0.4 is 15.9 Å². The molecule has 0 aliphatic heterocycles. The summed E-state index contributed by atoms with van der Waals surface area (Å²) >= 11 is 6.23. The molecule has 3 aromatic rings. The Kier molecular flexibility index (Phi) is 4.24. The molecule has 1 aromatic heterocycles. The highest BCUT2D eigenvalue weighted by Crippen LogP contribution is 2.39. The van der Waals surface area contributed by atoms with Crippen LogP contribution in [0.5, 0.6) is 11.5 Å². The van der Waals surface area contributed by atoms with Gasteiger partial charge >= 0.3 is 0 Å². The van der Waals surface area contributed by atoms with E-state index in [2.05, 4.69) is 4.98 Å². The standard InChI is InChI=1S/C20H20ClN3O2/c21-15-10-16-11(8-14(15)20(22)23)9-17(24-16)13-6-3-7-18(19(13)25)26-12-4-1-2-5-12/h3,6-10,12,24-25H,1-2,4-5H2,(H3,22,23)/p+1. The van der Waals surface area contributed by atoms with Crippen LogP contribution in [0.2, 0.25) is 5.02 Å². The third-order valence-electron chi connectivity index (χ3n) is 4.90. The van der Waals surface area contributed by atoms with Crippen LogP contribution in [0.3, 0.4) is 0 Å². The quantitative estimate of drug-likeness (QED) is 0.420. The van der Waals surface area contributed by atoms with E-state index in [0.29, 0.717) is 21.9 Å². The minimum atomic E-state index is 0.141. The Morgan fingerprint density at radius 2 is 2.00 bits per heavy atom. The number of H-pyrrole nitrogens is 1. The molecule has 0 unspecified atom stereocenters. The van der Waals surface area contributed by atoms with Gasteiger partial charge in [-0.2, -0.15) is 0 Å². The van der Waals surface area contributed by atoms with Gasteiger partial charge in [-0.3, -0.25) is 11.1 Å². The highest BCUT2D eigenvalue weighted by atomic mass is 35.5. The number of hydrogen-bond acceptors (Lipinski definition) is 2. The molecule has 1 heterocycles. The number of aromatic hydroxyl groups is 1. The van der Waals surface area contributed by atoms with Crippen molar-refractivity contribution in [2.24, 2.45) is 5.73 Å². The number of nitrogens with two attached hydrogens (primary N) is 2. The number of ether oxygens (including phenoxy) is 1. The first-order valence-corrected chi connectivity index (χ1v) is 9.10. The zero-order chi connectivity index (χ0) is 18.3. The van der Waals surface area contributed by atoms with E-state index in [-0.39, 0.29) is 17.7 Å². The van der Waals surface area contributed by atoms with Gasteiger partial charge in [-0.1, -0.05) is 17.7 Å². The number of phenols is 1. The normalized spacial score (nSPS) is 14.8. The molecule has 1 saturated carbocycles. The van der Waals surface area contributed by atoms with E-state index < -0.39 is 0 Å². The molecule has 1 aliphatic carbocycles. The molecule has 0 atom stereocenters. The molecular weight excluding hydrogens is 350 g/mol. The van der Waals surface area contributed by atoms with Crippen LogP contribution >= 0.6 is 11.6 Å². The smallest absolute Gasteiger partial charge is 0.272 e. The van der Waals surface area contributed by atoms with Crippen molar-refractivity contribution >= 4 is 28.3 Å². The van der Waals surface area contributed by atoms with Gasteiger partial charge in [-0.15, -0.1) is 0 Å². The molecule has 5 nitrogen and oxygen atoms in total. The third kappa shape index (κ3) is 2.99. The predicted molar refractivity (Wildman–Crippen MR) is 104 cm³/mol. The lowest BCUT2D eigenvalue weighted by molar-refractivity contribution is -0.114. The second kappa shape index (κ2) is 6.57. The number of amidine groups is 1. The van der Waals surface area contributed by atoms with E-state index in [1.807, 2.05) is 24.3 Å². The summed E-state index contributed by atoms with van der Waals surface area (Å²) in [5.74, 6) is 0.836. The van der Waals surface area contributed by atoms with Crippen LogP contribution in [0, 0.1) is 0 Å². The number of nitrogens with one attached hydrogen (secondary N) is 1. The Hall–Kier alpha value is -2.66. The highest BCUT2D eigenvalue weighted by Gasteiger charge is 2.20. The molecule has 0 saturated heterocycles. The van der Waals surface area contributed by atoms with Crippen LogP contribution in [-0.2, 0) is 0 Å². The summed E-state index contributed by atoms with van der Waals surface area (Å²) in [6.07, 6.45) is 4.61.